The summed E-state index contributed by atoms with van der Waals surface area (Å²) < 4.78 is 24.8. The molecule has 132 valence electrons. The Morgan fingerprint density at radius 3 is 2.08 bits per heavy atom. The van der Waals surface area contributed by atoms with Crippen LogP contribution in [0.2, 0.25) is 0 Å². The maximum Gasteiger partial charge on any atom is 0.211 e. The molecule has 1 aromatic rings. The molecule has 0 aliphatic carbocycles. The van der Waals surface area contributed by atoms with Gasteiger partial charge in [0.1, 0.15) is 0 Å². The Hall–Kier alpha value is -1.11. The van der Waals surface area contributed by atoms with Crippen LogP contribution in [0.5, 0.6) is 0 Å². The van der Waals surface area contributed by atoms with E-state index < -0.39 is 10.0 Å². The average Bonchev–Trinajstić information content (AvgIpc) is 2.92. The van der Waals surface area contributed by atoms with Gasteiger partial charge >= 0.3 is 0 Å². The van der Waals surface area contributed by atoms with E-state index in [1.807, 2.05) is 0 Å². The van der Waals surface area contributed by atoms with Crippen LogP contribution < -0.4 is 10.2 Å². The van der Waals surface area contributed by atoms with Gasteiger partial charge in [-0.15, -0.1) is 0 Å². The lowest BCUT2D eigenvalue weighted by Crippen LogP contribution is -2.48. The van der Waals surface area contributed by atoms with Crippen LogP contribution in [0.4, 0.5) is 5.69 Å². The molecule has 5 nitrogen and oxygen atoms in total. The minimum Gasteiger partial charge on any atom is -0.369 e. The number of nitrogens with one attached hydrogen (secondary N) is 1. The molecule has 4 rings (SSSR count). The molecule has 2 atom stereocenters. The molecule has 3 aliphatic rings. The fourth-order valence-electron chi connectivity index (χ4n) is 4.56. The number of anilines is 1. The first-order chi connectivity index (χ1) is 11.5. The van der Waals surface area contributed by atoms with E-state index in [9.17, 15) is 8.42 Å². The molecule has 0 spiro atoms. The Balaban J connectivity index is 1.40. The zero-order valence-electron chi connectivity index (χ0n) is 14.3. The zero-order valence-corrected chi connectivity index (χ0v) is 15.1. The van der Waals surface area contributed by atoms with Gasteiger partial charge in [0.15, 0.2) is 0 Å². The largest absolute Gasteiger partial charge is 0.369 e. The van der Waals surface area contributed by atoms with Gasteiger partial charge in [-0.2, -0.15) is 4.31 Å². The average molecular weight is 350 g/mol. The zero-order chi connectivity index (χ0) is 16.7. The number of nitrogens with zero attached hydrogens (tertiary/aromatic N) is 2. The van der Waals surface area contributed by atoms with Crippen LogP contribution in [0.15, 0.2) is 24.3 Å². The Labute approximate surface area is 145 Å². The second-order valence-electron chi connectivity index (χ2n) is 7.55. The van der Waals surface area contributed by atoms with Crippen LogP contribution in [0.1, 0.15) is 37.2 Å². The molecule has 6 heteroatoms. The first kappa shape index (κ1) is 16.4. The van der Waals surface area contributed by atoms with Crippen molar-refractivity contribution in [2.24, 2.45) is 0 Å². The van der Waals surface area contributed by atoms with Crippen LogP contribution in [0.25, 0.3) is 0 Å². The van der Waals surface area contributed by atoms with Gasteiger partial charge in [-0.25, -0.2) is 8.42 Å². The number of hydrogen-bond acceptors (Lipinski definition) is 4. The van der Waals surface area contributed by atoms with Crippen LogP contribution in [0, 0.1) is 0 Å². The van der Waals surface area contributed by atoms with Gasteiger partial charge in [0, 0.05) is 44.0 Å². The molecule has 2 unspecified atom stereocenters. The molecule has 0 saturated carbocycles. The van der Waals surface area contributed by atoms with Crippen LogP contribution in [-0.2, 0) is 10.0 Å². The van der Waals surface area contributed by atoms with Gasteiger partial charge in [0.25, 0.3) is 0 Å². The Morgan fingerprint density at radius 1 is 0.958 bits per heavy atom. The number of piperazine rings is 1. The number of hydrogen-bond donors (Lipinski definition) is 1. The smallest absolute Gasteiger partial charge is 0.211 e. The fraction of sp³-hybridized carbons (Fsp3) is 0.667. The maximum atomic E-state index is 11.6. The van der Waals surface area contributed by atoms with E-state index in [0.29, 0.717) is 19.0 Å². The molecule has 0 aromatic heterocycles. The van der Waals surface area contributed by atoms with Crippen molar-refractivity contribution < 1.29 is 8.42 Å². The van der Waals surface area contributed by atoms with Crippen molar-refractivity contribution in [1.29, 1.82) is 0 Å². The monoisotopic (exact) mass is 349 g/mol. The van der Waals surface area contributed by atoms with E-state index in [1.165, 1.54) is 43.2 Å². The molecule has 3 saturated heterocycles. The van der Waals surface area contributed by atoms with E-state index in [4.69, 9.17) is 0 Å². The van der Waals surface area contributed by atoms with Crippen LogP contribution in [-0.4, -0.2) is 57.2 Å². The van der Waals surface area contributed by atoms with E-state index in [2.05, 4.69) is 34.5 Å². The first-order valence-corrected chi connectivity index (χ1v) is 10.9. The summed E-state index contributed by atoms with van der Waals surface area (Å²) in [6.07, 6.45) is 6.50. The number of sulfonamides is 1. The Morgan fingerprint density at radius 2 is 1.54 bits per heavy atom. The third-order valence-corrected chi connectivity index (χ3v) is 7.21. The third kappa shape index (κ3) is 3.32. The summed E-state index contributed by atoms with van der Waals surface area (Å²) in [6, 6.07) is 10.4. The molecule has 3 fully saturated rings. The molecule has 1 N–H and O–H groups in total. The Bertz CT molecular complexity index is 669. The molecular weight excluding hydrogens is 322 g/mol. The standard InChI is InChI=1S/C18H27N3O2S/c1-24(22,23)21-10-8-20(9-11-21)18-6-2-14(3-7-18)15-12-16-4-5-17(13-15)19-16/h2-3,6-7,15-17,19H,4-5,8-13H2,1H3. The lowest BCUT2D eigenvalue weighted by molar-refractivity contribution is 0.363. The van der Waals surface area contributed by atoms with E-state index in [1.54, 1.807) is 4.31 Å². The van der Waals surface area contributed by atoms with Gasteiger partial charge in [-0.05, 0) is 49.3 Å². The quantitative estimate of drug-likeness (QED) is 0.904. The molecule has 0 radical (unpaired) electrons. The molecule has 24 heavy (non-hydrogen) atoms. The highest BCUT2D eigenvalue weighted by Gasteiger charge is 2.34. The second-order valence-corrected chi connectivity index (χ2v) is 9.53. The molecular formula is C18H27N3O2S. The summed E-state index contributed by atoms with van der Waals surface area (Å²) in [6.45, 7) is 2.70. The van der Waals surface area contributed by atoms with E-state index >= 15 is 0 Å². The van der Waals surface area contributed by atoms with Crippen molar-refractivity contribution in [1.82, 2.24) is 9.62 Å². The normalized spacial score (nSPS) is 31.4. The molecule has 3 heterocycles. The third-order valence-electron chi connectivity index (χ3n) is 5.91. The summed E-state index contributed by atoms with van der Waals surface area (Å²) in [5, 5.41) is 3.71. The molecule has 3 aliphatic heterocycles. The SMILES string of the molecule is CS(=O)(=O)N1CCN(c2ccc(C3CC4CCC(C3)N4)cc2)CC1. The summed E-state index contributed by atoms with van der Waals surface area (Å²) in [7, 11) is -3.06. The lowest BCUT2D eigenvalue weighted by Gasteiger charge is -2.35. The predicted molar refractivity (Wildman–Crippen MR) is 97.0 cm³/mol. The van der Waals surface area contributed by atoms with Gasteiger partial charge in [-0.3, -0.25) is 0 Å². The van der Waals surface area contributed by atoms with Gasteiger partial charge < -0.3 is 10.2 Å². The molecule has 1 aromatic carbocycles. The van der Waals surface area contributed by atoms with Crippen molar-refractivity contribution in [2.75, 3.05) is 37.3 Å². The van der Waals surface area contributed by atoms with Gasteiger partial charge in [0.05, 0.1) is 6.26 Å². The predicted octanol–water partition coefficient (Wildman–Crippen LogP) is 1.77. The summed E-state index contributed by atoms with van der Waals surface area (Å²) in [4.78, 5) is 2.29. The summed E-state index contributed by atoms with van der Waals surface area (Å²) >= 11 is 0. The highest BCUT2D eigenvalue weighted by Crippen LogP contribution is 2.37. The number of benzene rings is 1. The number of piperidine rings is 1. The van der Waals surface area contributed by atoms with Crippen molar-refractivity contribution >= 4 is 15.7 Å². The maximum absolute atomic E-state index is 11.6. The van der Waals surface area contributed by atoms with Gasteiger partial charge in [0.2, 0.25) is 10.0 Å². The lowest BCUT2D eigenvalue weighted by atomic mass is 9.86. The minimum atomic E-state index is -3.06. The van der Waals surface area contributed by atoms with E-state index in [0.717, 1.165) is 25.2 Å². The summed E-state index contributed by atoms with van der Waals surface area (Å²) in [5.74, 6) is 0.694. The van der Waals surface area contributed by atoms with Crippen molar-refractivity contribution in [3.05, 3.63) is 29.8 Å². The van der Waals surface area contributed by atoms with Crippen LogP contribution >= 0.6 is 0 Å². The highest BCUT2D eigenvalue weighted by atomic mass is 32.2. The van der Waals surface area contributed by atoms with Gasteiger partial charge in [-0.1, -0.05) is 12.1 Å². The number of fused-ring (bicyclic) bond motifs is 2. The molecule has 2 bridgehead atoms. The van der Waals surface area contributed by atoms with E-state index in [-0.39, 0.29) is 0 Å². The second kappa shape index (κ2) is 6.32. The number of rotatable bonds is 3. The first-order valence-electron chi connectivity index (χ1n) is 9.05. The van der Waals surface area contributed by atoms with Crippen LogP contribution in [0.3, 0.4) is 0 Å². The topological polar surface area (TPSA) is 52.7 Å². The minimum absolute atomic E-state index is 0.582. The fourth-order valence-corrected chi connectivity index (χ4v) is 5.39. The van der Waals surface area contributed by atoms with Crippen molar-refractivity contribution in [2.45, 2.75) is 43.7 Å². The molecule has 0 amide bonds. The van der Waals surface area contributed by atoms with Crippen molar-refractivity contribution in [3.8, 4) is 0 Å². The Kier molecular flexibility index (Phi) is 4.31. The highest BCUT2D eigenvalue weighted by molar-refractivity contribution is 7.88. The van der Waals surface area contributed by atoms with Crippen molar-refractivity contribution in [3.63, 3.8) is 0 Å². The summed E-state index contributed by atoms with van der Waals surface area (Å²) in [5.41, 5.74) is 2.68.